The molecule has 0 aromatic carbocycles. The van der Waals surface area contributed by atoms with Gasteiger partial charge >= 0.3 is 0 Å². The molecule has 0 amide bonds. The van der Waals surface area contributed by atoms with E-state index in [-0.39, 0.29) is 0 Å². The molecule has 0 bridgehead atoms. The summed E-state index contributed by atoms with van der Waals surface area (Å²) >= 11 is 0. The van der Waals surface area contributed by atoms with Crippen LogP contribution in [0.5, 0.6) is 0 Å². The first kappa shape index (κ1) is 19.3. The maximum atomic E-state index is 12.3. The molecule has 0 N–H and O–H groups in total. The van der Waals surface area contributed by atoms with Crippen LogP contribution in [0.15, 0.2) is 40.4 Å². The van der Waals surface area contributed by atoms with Crippen molar-refractivity contribution in [1.82, 2.24) is 0 Å². The van der Waals surface area contributed by atoms with Crippen molar-refractivity contribution in [2.45, 2.75) is 51.0 Å². The molecule has 5 heteroatoms. The molecule has 0 unspecified atom stereocenters. The Morgan fingerprint density at radius 3 is 2.32 bits per heavy atom. The van der Waals surface area contributed by atoms with Crippen molar-refractivity contribution < 1.29 is 8.42 Å². The van der Waals surface area contributed by atoms with Crippen LogP contribution in [0.4, 0.5) is 0 Å². The molecule has 134 valence electrons. The minimum absolute atomic E-state index is 0.316. The Kier molecular flexibility index (Phi) is 5.19. The van der Waals surface area contributed by atoms with Crippen molar-refractivity contribution in [3.63, 3.8) is 0 Å². The Hall–Kier alpha value is -2.01. The second-order valence-corrected chi connectivity index (χ2v) is 9.40. The van der Waals surface area contributed by atoms with E-state index < -0.39 is 15.4 Å². The fourth-order valence-electron chi connectivity index (χ4n) is 2.76. The van der Waals surface area contributed by atoms with E-state index in [4.69, 9.17) is 0 Å². The van der Waals surface area contributed by atoms with E-state index in [1.807, 2.05) is 25.1 Å². The first-order valence-electron chi connectivity index (χ1n) is 8.27. The molecular formula is C20H25NO3S. The van der Waals surface area contributed by atoms with E-state index in [1.54, 1.807) is 32.1 Å². The summed E-state index contributed by atoms with van der Waals surface area (Å²) < 4.78 is 24.6. The van der Waals surface area contributed by atoms with Gasteiger partial charge in [0.05, 0.1) is 4.90 Å². The number of nitrogens with zero attached hydrogens (tertiary/aromatic N) is 1. The third-order valence-electron chi connectivity index (χ3n) is 4.32. The lowest BCUT2D eigenvalue weighted by Crippen LogP contribution is -2.10. The van der Waals surface area contributed by atoms with Crippen LogP contribution in [0.25, 0.3) is 17.2 Å². The second kappa shape index (κ2) is 6.71. The zero-order chi connectivity index (χ0) is 19.0. The number of nitroso groups, excluding NO2 is 1. The highest BCUT2D eigenvalue weighted by molar-refractivity contribution is 7.90. The Bertz CT molecular complexity index is 909. The average molecular weight is 359 g/mol. The van der Waals surface area contributed by atoms with Crippen molar-refractivity contribution in [2.24, 2.45) is 5.18 Å². The van der Waals surface area contributed by atoms with E-state index in [1.165, 1.54) is 6.26 Å². The molecular weight excluding hydrogens is 334 g/mol. The van der Waals surface area contributed by atoms with Crippen LogP contribution in [0.1, 0.15) is 50.3 Å². The van der Waals surface area contributed by atoms with Gasteiger partial charge in [-0.15, -0.1) is 4.91 Å². The summed E-state index contributed by atoms with van der Waals surface area (Å²) in [6.07, 6.45) is 4.72. The van der Waals surface area contributed by atoms with Gasteiger partial charge in [0.25, 0.3) is 0 Å². The fourth-order valence-corrected chi connectivity index (χ4v) is 3.75. The fraction of sp³-hybridized carbons (Fsp3) is 0.400. The van der Waals surface area contributed by atoms with Crippen LogP contribution in [0.2, 0.25) is 0 Å². The normalized spacial score (nSPS) is 13.1. The van der Waals surface area contributed by atoms with Crippen molar-refractivity contribution in [3.05, 3.63) is 51.9 Å². The lowest BCUT2D eigenvalue weighted by Gasteiger charge is -2.08. The predicted molar refractivity (Wildman–Crippen MR) is 104 cm³/mol. The van der Waals surface area contributed by atoms with Crippen molar-refractivity contribution in [1.29, 1.82) is 0 Å². The van der Waals surface area contributed by atoms with Gasteiger partial charge in [-0.3, -0.25) is 0 Å². The molecule has 0 aromatic heterocycles. The maximum Gasteiger partial charge on any atom is 0.176 e. The van der Waals surface area contributed by atoms with Gasteiger partial charge in [0.15, 0.2) is 9.84 Å². The van der Waals surface area contributed by atoms with Gasteiger partial charge in [0.2, 0.25) is 0 Å². The molecule has 2 aliphatic rings. The average Bonchev–Trinajstić information content (AvgIpc) is 2.78. The largest absolute Gasteiger partial charge is 0.224 e. The van der Waals surface area contributed by atoms with Crippen molar-refractivity contribution >= 4 is 15.9 Å². The van der Waals surface area contributed by atoms with Crippen LogP contribution in [0, 0.1) is 11.8 Å². The molecule has 0 heterocycles. The molecule has 25 heavy (non-hydrogen) atoms. The van der Waals surface area contributed by atoms with Crippen LogP contribution in [-0.2, 0) is 9.84 Å². The van der Waals surface area contributed by atoms with Gasteiger partial charge in [0.1, 0.15) is 5.54 Å². The third kappa shape index (κ3) is 4.15. The number of sulfone groups is 1. The first-order valence-corrected chi connectivity index (χ1v) is 10.2. The topological polar surface area (TPSA) is 63.6 Å². The molecule has 0 spiro atoms. The van der Waals surface area contributed by atoms with Crippen LogP contribution in [-0.4, -0.2) is 20.2 Å². The number of rotatable bonds is 5. The van der Waals surface area contributed by atoms with Crippen molar-refractivity contribution in [2.75, 3.05) is 6.26 Å². The number of fused-ring (bicyclic) bond motifs is 1. The Morgan fingerprint density at radius 2 is 1.80 bits per heavy atom. The number of hydrogen-bond acceptors (Lipinski definition) is 4. The molecule has 0 fully saturated rings. The maximum absolute atomic E-state index is 12.3. The highest BCUT2D eigenvalue weighted by atomic mass is 32.2. The summed E-state index contributed by atoms with van der Waals surface area (Å²) in [5.74, 6) is 0.316. The van der Waals surface area contributed by atoms with E-state index in [2.05, 4.69) is 19.0 Å². The Labute approximate surface area is 150 Å². The Balaban J connectivity index is 2.83. The molecule has 4 nitrogen and oxygen atoms in total. The van der Waals surface area contributed by atoms with Gasteiger partial charge in [-0.25, -0.2) is 8.42 Å². The summed E-state index contributed by atoms with van der Waals surface area (Å²) in [6.45, 7) is 9.55. The highest BCUT2D eigenvalue weighted by Crippen LogP contribution is 2.39. The molecule has 0 aromatic rings. The molecule has 0 radical (unpaired) electrons. The van der Waals surface area contributed by atoms with Gasteiger partial charge in [0, 0.05) is 11.8 Å². The second-order valence-electron chi connectivity index (χ2n) is 7.42. The number of hydrogen-bond donors (Lipinski definition) is 0. The van der Waals surface area contributed by atoms with Gasteiger partial charge in [-0.05, 0) is 55.0 Å². The molecule has 2 aliphatic carbocycles. The highest BCUT2D eigenvalue weighted by Gasteiger charge is 2.23. The summed E-state index contributed by atoms with van der Waals surface area (Å²) in [4.78, 5) is 11.2. The third-order valence-corrected chi connectivity index (χ3v) is 5.44. The summed E-state index contributed by atoms with van der Waals surface area (Å²) in [5.41, 5.74) is 3.60. The zero-order valence-corrected chi connectivity index (χ0v) is 16.4. The quantitative estimate of drug-likeness (QED) is 0.691. The van der Waals surface area contributed by atoms with Crippen LogP contribution in [0.3, 0.4) is 0 Å². The van der Waals surface area contributed by atoms with Crippen LogP contribution < -0.4 is 0 Å². The smallest absolute Gasteiger partial charge is 0.176 e. The number of aryl methyl sites for hydroxylation is 1. The molecule has 0 aliphatic heterocycles. The molecule has 0 atom stereocenters. The van der Waals surface area contributed by atoms with Gasteiger partial charge < -0.3 is 0 Å². The molecule has 2 rings (SSSR count). The van der Waals surface area contributed by atoms with E-state index >= 15 is 0 Å². The summed E-state index contributed by atoms with van der Waals surface area (Å²) in [6, 6.07) is 7.74. The van der Waals surface area contributed by atoms with E-state index in [9.17, 15) is 13.3 Å². The van der Waals surface area contributed by atoms with E-state index in [0.29, 0.717) is 10.8 Å². The van der Waals surface area contributed by atoms with Gasteiger partial charge in [-0.2, -0.15) is 0 Å². The van der Waals surface area contributed by atoms with E-state index in [0.717, 1.165) is 27.8 Å². The zero-order valence-electron chi connectivity index (χ0n) is 15.6. The lowest BCUT2D eigenvalue weighted by molar-refractivity contribution is 0.602. The SMILES string of the molecule is Cc1ccc(C(C)C)cc2c(C=CC(C)(C)N=O)cc(S(C)(=O)=O)c1-2. The summed E-state index contributed by atoms with van der Waals surface area (Å²) in [7, 11) is -3.37. The minimum Gasteiger partial charge on any atom is -0.224 e. The Morgan fingerprint density at radius 1 is 1.16 bits per heavy atom. The lowest BCUT2D eigenvalue weighted by atomic mass is 10.00. The summed E-state index contributed by atoms with van der Waals surface area (Å²) in [5, 5.41) is 3.09. The van der Waals surface area contributed by atoms with Crippen molar-refractivity contribution in [3.8, 4) is 11.1 Å². The predicted octanol–water partition coefficient (Wildman–Crippen LogP) is 5.18. The monoisotopic (exact) mass is 359 g/mol. The standard InChI is InChI=1S/C20H25NO3S/c1-13(2)15-8-7-14(3)19-17(11-15)16(9-10-20(4,5)21-22)12-18(19)25(6,23)24/h7-13H,1-6H3. The van der Waals surface area contributed by atoms with Crippen LogP contribution >= 0.6 is 0 Å². The first-order chi connectivity index (χ1) is 11.5. The minimum atomic E-state index is -3.37. The molecule has 0 saturated heterocycles. The molecule has 0 saturated carbocycles. The van der Waals surface area contributed by atoms with Gasteiger partial charge in [-0.1, -0.05) is 49.4 Å².